The summed E-state index contributed by atoms with van der Waals surface area (Å²) in [6.07, 6.45) is 1.12. The maximum absolute atomic E-state index is 11.9. The number of carbonyl (C=O) groups is 2. The average molecular weight is 272 g/mol. The Kier molecular flexibility index (Phi) is 5.42. The number of amides is 2. The van der Waals surface area contributed by atoms with E-state index in [4.69, 9.17) is 5.11 Å². The lowest BCUT2D eigenvalue weighted by Crippen LogP contribution is -2.58. The zero-order chi connectivity index (χ0) is 15.5. The Morgan fingerprint density at radius 2 is 1.47 bits per heavy atom. The first-order chi connectivity index (χ1) is 8.31. The number of nitrogens with one attached hydrogen (secondary N) is 2. The van der Waals surface area contributed by atoms with Gasteiger partial charge in [0.25, 0.3) is 0 Å². The van der Waals surface area contributed by atoms with Crippen LogP contribution in [0.4, 0.5) is 4.79 Å². The van der Waals surface area contributed by atoms with Gasteiger partial charge in [0.1, 0.15) is 5.54 Å². The molecule has 1 atom stereocenters. The topological polar surface area (TPSA) is 78.4 Å². The van der Waals surface area contributed by atoms with Gasteiger partial charge in [-0.1, -0.05) is 27.7 Å². The first kappa shape index (κ1) is 17.7. The smallest absolute Gasteiger partial charge is 0.329 e. The number of hydrogen-bond donors (Lipinski definition) is 3. The molecule has 0 rings (SSSR count). The molecule has 0 aromatic carbocycles. The normalized spacial score (nSPS) is 15.5. The van der Waals surface area contributed by atoms with Gasteiger partial charge in [0.2, 0.25) is 0 Å². The van der Waals surface area contributed by atoms with E-state index in [0.717, 1.165) is 6.42 Å². The number of carboxylic acid groups (broad SMARTS) is 1. The summed E-state index contributed by atoms with van der Waals surface area (Å²) in [6, 6.07) is -0.444. The van der Waals surface area contributed by atoms with E-state index in [-0.39, 0.29) is 5.41 Å². The number of rotatable bonds is 5. The van der Waals surface area contributed by atoms with Gasteiger partial charge in [-0.15, -0.1) is 0 Å². The van der Waals surface area contributed by atoms with E-state index < -0.39 is 23.1 Å². The third-order valence-electron chi connectivity index (χ3n) is 2.99. The second kappa shape index (κ2) is 5.80. The van der Waals surface area contributed by atoms with Crippen LogP contribution in [0.3, 0.4) is 0 Å². The van der Waals surface area contributed by atoms with Gasteiger partial charge in [0.05, 0.1) is 0 Å². The Morgan fingerprint density at radius 3 is 1.79 bits per heavy atom. The molecule has 5 nitrogen and oxygen atoms in total. The third-order valence-corrected chi connectivity index (χ3v) is 2.99. The van der Waals surface area contributed by atoms with Crippen LogP contribution in [-0.4, -0.2) is 28.2 Å². The fourth-order valence-corrected chi connectivity index (χ4v) is 2.25. The fraction of sp³-hybridized carbons (Fsp3) is 0.857. The zero-order valence-corrected chi connectivity index (χ0v) is 13.2. The molecule has 0 aliphatic heterocycles. The fourth-order valence-electron chi connectivity index (χ4n) is 2.25. The Hall–Kier alpha value is -1.26. The van der Waals surface area contributed by atoms with Crippen molar-refractivity contribution in [3.8, 4) is 0 Å². The Bertz CT molecular complexity index is 345. The summed E-state index contributed by atoms with van der Waals surface area (Å²) in [6.45, 7) is 13.4. The number of hydrogen-bond acceptors (Lipinski definition) is 2. The second-order valence-electron chi connectivity index (χ2n) is 7.19. The number of aliphatic carboxylic acids is 1. The van der Waals surface area contributed by atoms with Crippen molar-refractivity contribution in [2.24, 2.45) is 5.41 Å². The lowest BCUT2D eigenvalue weighted by molar-refractivity contribution is -0.143. The molecule has 0 bridgehead atoms. The lowest BCUT2D eigenvalue weighted by atomic mass is 9.82. The molecule has 0 aromatic rings. The van der Waals surface area contributed by atoms with Crippen LogP contribution >= 0.6 is 0 Å². The van der Waals surface area contributed by atoms with E-state index in [9.17, 15) is 9.59 Å². The summed E-state index contributed by atoms with van der Waals surface area (Å²) in [5, 5.41) is 14.5. The van der Waals surface area contributed by atoms with Gasteiger partial charge in [-0.3, -0.25) is 0 Å². The third kappa shape index (κ3) is 6.45. The predicted octanol–water partition coefficient (Wildman–Crippen LogP) is 2.75. The molecule has 1 unspecified atom stereocenters. The second-order valence-corrected chi connectivity index (χ2v) is 7.19. The summed E-state index contributed by atoms with van der Waals surface area (Å²) in [5.74, 6) is -1.03. The van der Waals surface area contributed by atoms with Crippen molar-refractivity contribution in [1.29, 1.82) is 0 Å². The summed E-state index contributed by atoms with van der Waals surface area (Å²) < 4.78 is 0. The van der Waals surface area contributed by atoms with E-state index in [1.807, 2.05) is 13.8 Å². The van der Waals surface area contributed by atoms with Crippen LogP contribution in [0.15, 0.2) is 0 Å². The van der Waals surface area contributed by atoms with Gasteiger partial charge >= 0.3 is 12.0 Å². The maximum Gasteiger partial charge on any atom is 0.329 e. The van der Waals surface area contributed by atoms with Gasteiger partial charge < -0.3 is 15.7 Å². The molecule has 19 heavy (non-hydrogen) atoms. The highest BCUT2D eigenvalue weighted by atomic mass is 16.4. The van der Waals surface area contributed by atoms with Crippen molar-refractivity contribution in [1.82, 2.24) is 10.6 Å². The molecular weight excluding hydrogens is 244 g/mol. The SMILES string of the molecule is CCC(C)(NC(=O)NC(C)(C)CC(C)(C)C)C(=O)O. The summed E-state index contributed by atoms with van der Waals surface area (Å²) >= 11 is 0. The first-order valence-electron chi connectivity index (χ1n) is 6.65. The Balaban J connectivity index is 4.66. The highest BCUT2D eigenvalue weighted by Crippen LogP contribution is 2.26. The largest absolute Gasteiger partial charge is 0.480 e. The Morgan fingerprint density at radius 1 is 1.00 bits per heavy atom. The van der Waals surface area contributed by atoms with Crippen LogP contribution < -0.4 is 10.6 Å². The van der Waals surface area contributed by atoms with Crippen molar-refractivity contribution in [3.63, 3.8) is 0 Å². The first-order valence-corrected chi connectivity index (χ1v) is 6.65. The molecule has 5 heteroatoms. The van der Waals surface area contributed by atoms with Crippen molar-refractivity contribution in [2.45, 2.75) is 72.4 Å². The zero-order valence-electron chi connectivity index (χ0n) is 13.2. The van der Waals surface area contributed by atoms with Crippen LogP contribution in [0.25, 0.3) is 0 Å². The van der Waals surface area contributed by atoms with Gasteiger partial charge in [-0.2, -0.15) is 0 Å². The molecule has 0 spiro atoms. The minimum Gasteiger partial charge on any atom is -0.480 e. The predicted molar refractivity (Wildman–Crippen MR) is 76.2 cm³/mol. The molecule has 0 aromatic heterocycles. The van der Waals surface area contributed by atoms with Crippen LogP contribution in [0.2, 0.25) is 0 Å². The van der Waals surface area contributed by atoms with Crippen LogP contribution in [0.1, 0.15) is 61.3 Å². The van der Waals surface area contributed by atoms with Crippen molar-refractivity contribution < 1.29 is 14.7 Å². The van der Waals surface area contributed by atoms with Gasteiger partial charge in [-0.05, 0) is 39.0 Å². The van der Waals surface area contributed by atoms with E-state index in [0.29, 0.717) is 6.42 Å². The highest BCUT2D eigenvalue weighted by molar-refractivity contribution is 5.86. The standard InChI is InChI=1S/C14H28N2O3/c1-8-14(7,10(17)18)16-11(19)15-13(5,6)9-12(2,3)4/h8-9H2,1-7H3,(H,17,18)(H2,15,16,19). The molecule has 0 saturated carbocycles. The van der Waals surface area contributed by atoms with Crippen LogP contribution in [0.5, 0.6) is 0 Å². The minimum atomic E-state index is -1.23. The molecule has 0 saturated heterocycles. The molecule has 112 valence electrons. The van der Waals surface area contributed by atoms with Crippen molar-refractivity contribution >= 4 is 12.0 Å². The van der Waals surface area contributed by atoms with E-state index in [1.54, 1.807) is 6.92 Å². The van der Waals surface area contributed by atoms with Crippen molar-refractivity contribution in [3.05, 3.63) is 0 Å². The summed E-state index contributed by atoms with van der Waals surface area (Å²) in [7, 11) is 0. The molecule has 0 aliphatic carbocycles. The van der Waals surface area contributed by atoms with Crippen LogP contribution in [-0.2, 0) is 4.79 Å². The molecule has 3 N–H and O–H groups in total. The number of urea groups is 1. The molecule has 0 aliphatic rings. The molecule has 2 amide bonds. The van der Waals surface area contributed by atoms with E-state index >= 15 is 0 Å². The average Bonchev–Trinajstić information content (AvgIpc) is 2.11. The quantitative estimate of drug-likeness (QED) is 0.720. The van der Waals surface area contributed by atoms with E-state index in [1.165, 1.54) is 6.92 Å². The molecule has 0 radical (unpaired) electrons. The number of carboxylic acids is 1. The van der Waals surface area contributed by atoms with Gasteiger partial charge in [-0.25, -0.2) is 9.59 Å². The highest BCUT2D eigenvalue weighted by Gasteiger charge is 2.34. The van der Waals surface area contributed by atoms with Crippen molar-refractivity contribution in [2.75, 3.05) is 0 Å². The van der Waals surface area contributed by atoms with E-state index in [2.05, 4.69) is 31.4 Å². The van der Waals surface area contributed by atoms with Crippen LogP contribution in [0, 0.1) is 5.41 Å². The molecule has 0 heterocycles. The minimum absolute atomic E-state index is 0.0810. The Labute approximate surface area is 116 Å². The molecule has 0 fully saturated rings. The molecular formula is C14H28N2O3. The van der Waals surface area contributed by atoms with Gasteiger partial charge in [0.15, 0.2) is 0 Å². The lowest BCUT2D eigenvalue weighted by Gasteiger charge is -2.34. The maximum atomic E-state index is 11.9. The number of carbonyl (C=O) groups excluding carboxylic acids is 1. The van der Waals surface area contributed by atoms with Gasteiger partial charge in [0, 0.05) is 5.54 Å². The monoisotopic (exact) mass is 272 g/mol. The summed E-state index contributed by atoms with van der Waals surface area (Å²) in [5.41, 5.74) is -1.55. The summed E-state index contributed by atoms with van der Waals surface area (Å²) in [4.78, 5) is 23.1.